The van der Waals surface area contributed by atoms with E-state index in [2.05, 4.69) is 0 Å². The van der Waals surface area contributed by atoms with E-state index in [9.17, 15) is 8.42 Å². The molecule has 0 saturated carbocycles. The second-order valence-corrected chi connectivity index (χ2v) is 4.72. The van der Waals surface area contributed by atoms with E-state index in [1.807, 2.05) is 0 Å². The normalized spacial score (nSPS) is 12.3. The van der Waals surface area contributed by atoms with E-state index in [0.717, 1.165) is 0 Å². The van der Waals surface area contributed by atoms with Gasteiger partial charge < -0.3 is 4.90 Å². The summed E-state index contributed by atoms with van der Waals surface area (Å²) in [7, 11) is -0.00875. The number of sulfone groups is 1. The van der Waals surface area contributed by atoms with Crippen LogP contribution in [0.3, 0.4) is 0 Å². The molecule has 0 aliphatic rings. The third-order valence-corrected chi connectivity index (χ3v) is 2.83. The van der Waals surface area contributed by atoms with Crippen molar-refractivity contribution in [2.75, 3.05) is 19.8 Å². The summed E-state index contributed by atoms with van der Waals surface area (Å²) >= 11 is 0. The molecule has 0 heterocycles. The van der Waals surface area contributed by atoms with Gasteiger partial charge in [-0.05, 0) is 0 Å². The van der Waals surface area contributed by atoms with Crippen LogP contribution < -0.4 is 0 Å². The second-order valence-electron chi connectivity index (χ2n) is 2.47. The first-order valence-electron chi connectivity index (χ1n) is 3.45. The summed E-state index contributed by atoms with van der Waals surface area (Å²) in [6.07, 6.45) is 1.30. The molecule has 0 rings (SSSR count). The molecule has 0 radical (unpaired) electrons. The van der Waals surface area contributed by atoms with Gasteiger partial charge in [-0.1, -0.05) is 6.92 Å². The first kappa shape index (κ1) is 11.0. The third-order valence-electron chi connectivity index (χ3n) is 1.20. The number of rotatable bonds is 3. The Morgan fingerprint density at radius 2 is 2.08 bits per heavy atom. The average molecular weight is 188 g/mol. The summed E-state index contributed by atoms with van der Waals surface area (Å²) in [6.45, 7) is 1.51. The first-order chi connectivity index (χ1) is 5.44. The van der Waals surface area contributed by atoms with Gasteiger partial charge in [-0.3, -0.25) is 0 Å². The van der Waals surface area contributed by atoms with Crippen molar-refractivity contribution in [1.29, 1.82) is 5.26 Å². The van der Waals surface area contributed by atoms with Crippen LogP contribution >= 0.6 is 0 Å². The topological polar surface area (TPSA) is 61.2 Å². The maximum absolute atomic E-state index is 11.1. The van der Waals surface area contributed by atoms with Gasteiger partial charge in [0.2, 0.25) is 0 Å². The van der Waals surface area contributed by atoms with E-state index in [-0.39, 0.29) is 10.7 Å². The Morgan fingerprint density at radius 3 is 2.33 bits per heavy atom. The van der Waals surface area contributed by atoms with Crippen LogP contribution in [0.15, 0.2) is 11.1 Å². The van der Waals surface area contributed by atoms with E-state index < -0.39 is 9.84 Å². The number of nitriles is 1. The fraction of sp³-hybridized carbons (Fsp3) is 0.571. The Morgan fingerprint density at radius 1 is 1.58 bits per heavy atom. The molecule has 4 nitrogen and oxygen atoms in total. The summed E-state index contributed by atoms with van der Waals surface area (Å²) in [6, 6.07) is 1.66. The van der Waals surface area contributed by atoms with Crippen LogP contribution in [-0.2, 0) is 9.84 Å². The number of allylic oxidation sites excluding steroid dienone is 1. The van der Waals surface area contributed by atoms with Crippen LogP contribution in [0.25, 0.3) is 0 Å². The van der Waals surface area contributed by atoms with Crippen molar-refractivity contribution in [2.24, 2.45) is 0 Å². The molecule has 0 fully saturated rings. The predicted molar refractivity (Wildman–Crippen MR) is 46.8 cm³/mol. The van der Waals surface area contributed by atoms with E-state index >= 15 is 0 Å². The van der Waals surface area contributed by atoms with Crippen molar-refractivity contribution >= 4 is 9.84 Å². The fourth-order valence-corrected chi connectivity index (χ4v) is 1.39. The summed E-state index contributed by atoms with van der Waals surface area (Å²) in [5, 5.41) is 8.52. The van der Waals surface area contributed by atoms with Gasteiger partial charge >= 0.3 is 0 Å². The molecule has 5 heteroatoms. The smallest absolute Gasteiger partial charge is 0.189 e. The molecule has 0 aromatic heterocycles. The molecule has 68 valence electrons. The second kappa shape index (κ2) is 4.12. The molecule has 0 atom stereocenters. The van der Waals surface area contributed by atoms with Gasteiger partial charge in [0.1, 0.15) is 6.07 Å². The lowest BCUT2D eigenvalue weighted by Crippen LogP contribution is -2.10. The van der Waals surface area contributed by atoms with Crippen molar-refractivity contribution in [1.82, 2.24) is 4.90 Å². The molecule has 0 aromatic carbocycles. The zero-order valence-corrected chi connectivity index (χ0v) is 8.22. The summed E-state index contributed by atoms with van der Waals surface area (Å²) in [4.78, 5) is 1.35. The lowest BCUT2D eigenvalue weighted by Gasteiger charge is -2.05. The lowest BCUT2D eigenvalue weighted by molar-refractivity contribution is 0.559. The minimum Gasteiger partial charge on any atom is -0.382 e. The van der Waals surface area contributed by atoms with E-state index in [0.29, 0.717) is 0 Å². The number of hydrogen-bond acceptors (Lipinski definition) is 4. The molecular formula is C7H12N2O2S. The molecule has 0 saturated heterocycles. The van der Waals surface area contributed by atoms with Crippen LogP contribution in [0.5, 0.6) is 0 Å². The monoisotopic (exact) mass is 188 g/mol. The standard InChI is InChI=1S/C7H12N2O2S/c1-4-12(10,11)7(5-8)6-9(2)3/h6H,4H2,1-3H3/b7-6+. The lowest BCUT2D eigenvalue weighted by atomic mass is 10.6. The van der Waals surface area contributed by atoms with Gasteiger partial charge in [0.05, 0.1) is 5.75 Å². The van der Waals surface area contributed by atoms with Crippen LogP contribution in [-0.4, -0.2) is 33.2 Å². The largest absolute Gasteiger partial charge is 0.382 e. The van der Waals surface area contributed by atoms with Crippen molar-refractivity contribution in [3.05, 3.63) is 11.1 Å². The molecule has 0 N–H and O–H groups in total. The highest BCUT2D eigenvalue weighted by Crippen LogP contribution is 2.05. The van der Waals surface area contributed by atoms with E-state index in [4.69, 9.17) is 5.26 Å². The Bertz CT molecular complexity index is 309. The van der Waals surface area contributed by atoms with Crippen LogP contribution in [0.2, 0.25) is 0 Å². The minimum atomic E-state index is -3.35. The quantitative estimate of drug-likeness (QED) is 0.599. The maximum atomic E-state index is 11.1. The first-order valence-corrected chi connectivity index (χ1v) is 5.10. The zero-order valence-electron chi connectivity index (χ0n) is 7.40. The Labute approximate surface area is 73.0 Å². The van der Waals surface area contributed by atoms with E-state index in [1.165, 1.54) is 18.0 Å². The minimum absolute atomic E-state index is 0.0414. The Balaban J connectivity index is 4.98. The Hall–Kier alpha value is -1.02. The zero-order chi connectivity index (χ0) is 9.78. The van der Waals surface area contributed by atoms with Crippen molar-refractivity contribution in [2.45, 2.75) is 6.92 Å². The molecule has 0 aliphatic carbocycles. The molecule has 0 aliphatic heterocycles. The molecule has 0 unspecified atom stereocenters. The van der Waals surface area contributed by atoms with Crippen molar-refractivity contribution < 1.29 is 8.42 Å². The van der Waals surface area contributed by atoms with Gasteiger partial charge in [-0.15, -0.1) is 0 Å². The maximum Gasteiger partial charge on any atom is 0.189 e. The van der Waals surface area contributed by atoms with Gasteiger partial charge in [0.25, 0.3) is 0 Å². The third kappa shape index (κ3) is 2.93. The highest BCUT2D eigenvalue weighted by molar-refractivity contribution is 7.95. The molecule has 12 heavy (non-hydrogen) atoms. The van der Waals surface area contributed by atoms with E-state index in [1.54, 1.807) is 20.2 Å². The summed E-state index contributed by atoms with van der Waals surface area (Å²) < 4.78 is 22.3. The van der Waals surface area contributed by atoms with Crippen LogP contribution in [0.1, 0.15) is 6.92 Å². The number of nitrogens with zero attached hydrogens (tertiary/aromatic N) is 2. The van der Waals surface area contributed by atoms with Crippen molar-refractivity contribution in [3.8, 4) is 6.07 Å². The molecule has 0 spiro atoms. The van der Waals surface area contributed by atoms with Crippen molar-refractivity contribution in [3.63, 3.8) is 0 Å². The molecular weight excluding hydrogens is 176 g/mol. The average Bonchev–Trinajstić information content (AvgIpc) is 1.99. The van der Waals surface area contributed by atoms with Gasteiger partial charge in [-0.25, -0.2) is 8.42 Å². The molecule has 0 bridgehead atoms. The highest BCUT2D eigenvalue weighted by Gasteiger charge is 2.14. The SMILES string of the molecule is CCS(=O)(=O)/C(C#N)=C/N(C)C. The predicted octanol–water partition coefficient (Wildman–Crippen LogP) is 0.348. The number of hydrogen-bond donors (Lipinski definition) is 0. The Kier molecular flexibility index (Phi) is 3.77. The van der Waals surface area contributed by atoms with Crippen LogP contribution in [0.4, 0.5) is 0 Å². The molecule has 0 aromatic rings. The summed E-state index contributed by atoms with van der Waals surface area (Å²) in [5.41, 5.74) is 0. The van der Waals surface area contributed by atoms with Crippen LogP contribution in [0, 0.1) is 11.3 Å². The van der Waals surface area contributed by atoms with Gasteiger partial charge in [0.15, 0.2) is 14.7 Å². The molecule has 0 amide bonds. The fourth-order valence-electron chi connectivity index (χ4n) is 0.569. The summed E-state index contributed by atoms with van der Waals surface area (Å²) in [5.74, 6) is -0.0414. The van der Waals surface area contributed by atoms with Gasteiger partial charge in [0, 0.05) is 20.3 Å². The van der Waals surface area contributed by atoms with Gasteiger partial charge in [-0.2, -0.15) is 5.26 Å². The highest BCUT2D eigenvalue weighted by atomic mass is 32.2.